The number of nitrogens with zero attached hydrogens (tertiary/aromatic N) is 3. The quantitative estimate of drug-likeness (QED) is 0.629. The van der Waals surface area contributed by atoms with Crippen LogP contribution < -0.4 is 5.32 Å². The highest BCUT2D eigenvalue weighted by Gasteiger charge is 2.17. The van der Waals surface area contributed by atoms with Crippen molar-refractivity contribution in [2.75, 3.05) is 31.7 Å². The van der Waals surface area contributed by atoms with E-state index in [-0.39, 0.29) is 17.5 Å². The van der Waals surface area contributed by atoms with Crippen LogP contribution in [-0.4, -0.2) is 42.4 Å². The van der Waals surface area contributed by atoms with Crippen LogP contribution >= 0.6 is 0 Å². The predicted octanol–water partition coefficient (Wildman–Crippen LogP) is 0.689. The third-order valence-electron chi connectivity index (χ3n) is 2.57. The van der Waals surface area contributed by atoms with Crippen LogP contribution in [0.2, 0.25) is 0 Å². The molecule has 1 atom stereocenters. The van der Waals surface area contributed by atoms with Gasteiger partial charge in [0.15, 0.2) is 0 Å². The highest BCUT2D eigenvalue weighted by Crippen LogP contribution is 2.18. The Balaban J connectivity index is 2.01. The van der Waals surface area contributed by atoms with Crippen LogP contribution in [0.15, 0.2) is 12.1 Å². The number of nitrogens with one attached hydrogen (secondary N) is 1. The normalized spacial score (nSPS) is 18.6. The van der Waals surface area contributed by atoms with Gasteiger partial charge >= 0.3 is 5.69 Å². The van der Waals surface area contributed by atoms with Crippen molar-refractivity contribution in [3.8, 4) is 6.07 Å². The molecular weight excluding hydrogens is 252 g/mol. The lowest BCUT2D eigenvalue weighted by atomic mass is 10.3. The van der Waals surface area contributed by atoms with Crippen LogP contribution in [0.5, 0.6) is 0 Å². The van der Waals surface area contributed by atoms with Crippen molar-refractivity contribution in [3.63, 3.8) is 0 Å². The lowest BCUT2D eigenvalue weighted by Gasteiger charge is -2.23. The van der Waals surface area contributed by atoms with Gasteiger partial charge < -0.3 is 14.8 Å². The van der Waals surface area contributed by atoms with E-state index in [1.807, 2.05) is 0 Å². The van der Waals surface area contributed by atoms with E-state index in [1.54, 1.807) is 6.07 Å². The third kappa shape index (κ3) is 3.37. The summed E-state index contributed by atoms with van der Waals surface area (Å²) in [5.41, 5.74) is -0.513. The van der Waals surface area contributed by atoms with E-state index in [2.05, 4.69) is 10.3 Å². The second-order valence-electron chi connectivity index (χ2n) is 3.88. The van der Waals surface area contributed by atoms with Gasteiger partial charge in [-0.15, -0.1) is 0 Å². The Kier molecular flexibility index (Phi) is 4.22. The highest BCUT2D eigenvalue weighted by molar-refractivity contribution is 5.50. The zero-order chi connectivity index (χ0) is 13.7. The summed E-state index contributed by atoms with van der Waals surface area (Å²) in [5.74, 6) is 0.399. The summed E-state index contributed by atoms with van der Waals surface area (Å²) in [5, 5.41) is 22.4. The zero-order valence-corrected chi connectivity index (χ0v) is 10.0. The van der Waals surface area contributed by atoms with Gasteiger partial charge in [0, 0.05) is 12.6 Å². The molecule has 1 aliphatic heterocycles. The number of rotatable bonds is 4. The van der Waals surface area contributed by atoms with Gasteiger partial charge in [0.2, 0.25) is 5.69 Å². The van der Waals surface area contributed by atoms with Crippen molar-refractivity contribution >= 4 is 11.5 Å². The number of pyridine rings is 1. The van der Waals surface area contributed by atoms with Crippen LogP contribution in [0.4, 0.5) is 11.5 Å². The molecule has 0 radical (unpaired) electrons. The Bertz CT molecular complexity index is 508. The number of ether oxygens (including phenoxy) is 2. The Morgan fingerprint density at radius 1 is 1.58 bits per heavy atom. The Morgan fingerprint density at radius 3 is 3.05 bits per heavy atom. The van der Waals surface area contributed by atoms with Crippen LogP contribution in [0.25, 0.3) is 0 Å². The number of anilines is 1. The average molecular weight is 264 g/mol. The molecule has 100 valence electrons. The van der Waals surface area contributed by atoms with Crippen molar-refractivity contribution in [1.29, 1.82) is 5.26 Å². The maximum atomic E-state index is 10.7. The molecule has 8 nitrogen and oxygen atoms in total. The molecule has 0 aromatic carbocycles. The lowest BCUT2D eigenvalue weighted by Crippen LogP contribution is -2.34. The molecule has 0 bridgehead atoms. The Labute approximate surface area is 109 Å². The first-order valence-corrected chi connectivity index (χ1v) is 5.69. The molecule has 1 fully saturated rings. The van der Waals surface area contributed by atoms with Gasteiger partial charge in [0.1, 0.15) is 11.9 Å². The minimum atomic E-state index is -0.632. The number of hydrogen-bond donors (Lipinski definition) is 1. The van der Waals surface area contributed by atoms with Gasteiger partial charge in [-0.25, -0.2) is 4.98 Å². The van der Waals surface area contributed by atoms with Gasteiger partial charge in [-0.2, -0.15) is 5.26 Å². The van der Waals surface area contributed by atoms with Crippen LogP contribution in [0.1, 0.15) is 5.69 Å². The van der Waals surface area contributed by atoms with Crippen molar-refractivity contribution in [3.05, 3.63) is 27.9 Å². The molecule has 2 heterocycles. The molecular formula is C11H12N4O4. The summed E-state index contributed by atoms with van der Waals surface area (Å²) in [4.78, 5) is 13.9. The summed E-state index contributed by atoms with van der Waals surface area (Å²) in [6.07, 6.45) is -0.0868. The fourth-order valence-electron chi connectivity index (χ4n) is 1.65. The average Bonchev–Trinajstić information content (AvgIpc) is 2.45. The maximum Gasteiger partial charge on any atom is 0.305 e. The molecule has 19 heavy (non-hydrogen) atoms. The molecule has 0 saturated carbocycles. The van der Waals surface area contributed by atoms with E-state index < -0.39 is 4.92 Å². The molecule has 0 spiro atoms. The fourth-order valence-corrected chi connectivity index (χ4v) is 1.65. The minimum absolute atomic E-state index is 0.0868. The van der Waals surface area contributed by atoms with E-state index in [1.165, 1.54) is 12.1 Å². The van der Waals surface area contributed by atoms with Gasteiger partial charge in [0.25, 0.3) is 0 Å². The number of nitriles is 1. The standard InChI is InChI=1S/C11H12N4O4/c12-5-9-10(15(16)17)1-2-11(14-9)13-6-8-7-18-3-4-19-8/h1-2,8H,3-4,6-7H2,(H,13,14). The van der Waals surface area contributed by atoms with Crippen LogP contribution in [0, 0.1) is 21.4 Å². The summed E-state index contributed by atoms with van der Waals surface area (Å²) in [6, 6.07) is 4.42. The highest BCUT2D eigenvalue weighted by atomic mass is 16.6. The fraction of sp³-hybridized carbons (Fsp3) is 0.455. The summed E-state index contributed by atoms with van der Waals surface area (Å²) >= 11 is 0. The third-order valence-corrected chi connectivity index (χ3v) is 2.57. The monoisotopic (exact) mass is 264 g/mol. The SMILES string of the molecule is N#Cc1nc(NCC2COCCO2)ccc1[N+](=O)[O-]. The predicted molar refractivity (Wildman–Crippen MR) is 64.7 cm³/mol. The van der Waals surface area contributed by atoms with Crippen molar-refractivity contribution in [2.45, 2.75) is 6.10 Å². The Hall–Kier alpha value is -2.24. The van der Waals surface area contributed by atoms with Gasteiger partial charge in [-0.05, 0) is 6.07 Å². The number of hydrogen-bond acceptors (Lipinski definition) is 7. The molecule has 1 N–H and O–H groups in total. The van der Waals surface area contributed by atoms with E-state index >= 15 is 0 Å². The van der Waals surface area contributed by atoms with E-state index in [9.17, 15) is 10.1 Å². The number of nitro groups is 1. The van der Waals surface area contributed by atoms with Gasteiger partial charge in [-0.1, -0.05) is 0 Å². The molecule has 1 aliphatic rings. The van der Waals surface area contributed by atoms with Crippen molar-refractivity contribution in [2.24, 2.45) is 0 Å². The zero-order valence-electron chi connectivity index (χ0n) is 10.0. The molecule has 1 aromatic heterocycles. The smallest absolute Gasteiger partial charge is 0.305 e. The van der Waals surface area contributed by atoms with E-state index in [4.69, 9.17) is 14.7 Å². The molecule has 1 unspecified atom stereocenters. The topological polar surface area (TPSA) is 110 Å². The second kappa shape index (κ2) is 6.08. The van der Waals surface area contributed by atoms with Crippen molar-refractivity contribution in [1.82, 2.24) is 4.98 Å². The largest absolute Gasteiger partial charge is 0.376 e. The first-order valence-electron chi connectivity index (χ1n) is 5.69. The molecule has 1 aromatic rings. The van der Waals surface area contributed by atoms with Gasteiger partial charge in [0.05, 0.1) is 30.8 Å². The first kappa shape index (κ1) is 13.2. The van der Waals surface area contributed by atoms with Crippen LogP contribution in [0.3, 0.4) is 0 Å². The summed E-state index contributed by atoms with van der Waals surface area (Å²) in [7, 11) is 0. The maximum absolute atomic E-state index is 10.7. The van der Waals surface area contributed by atoms with Crippen molar-refractivity contribution < 1.29 is 14.4 Å². The van der Waals surface area contributed by atoms with Crippen LogP contribution in [-0.2, 0) is 9.47 Å². The first-order chi connectivity index (χ1) is 9.20. The molecule has 2 rings (SSSR count). The summed E-state index contributed by atoms with van der Waals surface area (Å²) in [6.45, 7) is 2.09. The minimum Gasteiger partial charge on any atom is -0.376 e. The van der Waals surface area contributed by atoms with E-state index in [0.717, 1.165) is 0 Å². The second-order valence-corrected chi connectivity index (χ2v) is 3.88. The molecule has 8 heteroatoms. The van der Waals surface area contributed by atoms with Gasteiger partial charge in [-0.3, -0.25) is 10.1 Å². The molecule has 0 aliphatic carbocycles. The van der Waals surface area contributed by atoms with E-state index in [0.29, 0.717) is 32.2 Å². The summed E-state index contributed by atoms with van der Waals surface area (Å²) < 4.78 is 10.7. The Morgan fingerprint density at radius 2 is 2.42 bits per heavy atom. The lowest BCUT2D eigenvalue weighted by molar-refractivity contribution is -0.385. The molecule has 1 saturated heterocycles. The molecule has 0 amide bonds. The number of aromatic nitrogens is 1.